The summed E-state index contributed by atoms with van der Waals surface area (Å²) in [5.74, 6) is 0.516. The molecule has 98 valence electrons. The summed E-state index contributed by atoms with van der Waals surface area (Å²) in [4.78, 5) is 12.0. The van der Waals surface area contributed by atoms with Crippen LogP contribution in [0.2, 0.25) is 0 Å². The van der Waals surface area contributed by atoms with Gasteiger partial charge in [-0.15, -0.1) is 0 Å². The molecule has 18 heavy (non-hydrogen) atoms. The SMILES string of the molecule is Cc1cc(C(=O)NCC2CCOCC2)ccc1N. The molecule has 3 N–H and O–H groups in total. The molecule has 0 saturated carbocycles. The molecule has 0 aromatic heterocycles. The minimum atomic E-state index is -0.0235. The summed E-state index contributed by atoms with van der Waals surface area (Å²) in [5, 5.41) is 2.98. The van der Waals surface area contributed by atoms with Gasteiger partial charge in [0.25, 0.3) is 5.91 Å². The summed E-state index contributed by atoms with van der Waals surface area (Å²) in [6.45, 7) is 4.25. The molecule has 4 nitrogen and oxygen atoms in total. The van der Waals surface area contributed by atoms with Crippen molar-refractivity contribution in [1.82, 2.24) is 5.32 Å². The van der Waals surface area contributed by atoms with Gasteiger partial charge >= 0.3 is 0 Å². The average molecular weight is 248 g/mol. The van der Waals surface area contributed by atoms with Gasteiger partial charge in [-0.25, -0.2) is 0 Å². The highest BCUT2D eigenvalue weighted by Crippen LogP contribution is 2.15. The molecular formula is C14H20N2O2. The quantitative estimate of drug-likeness (QED) is 0.801. The van der Waals surface area contributed by atoms with E-state index in [0.29, 0.717) is 11.5 Å². The molecule has 0 unspecified atom stereocenters. The highest BCUT2D eigenvalue weighted by Gasteiger charge is 2.15. The summed E-state index contributed by atoms with van der Waals surface area (Å²) in [6.07, 6.45) is 2.06. The van der Waals surface area contributed by atoms with Crippen LogP contribution in [0.15, 0.2) is 18.2 Å². The van der Waals surface area contributed by atoms with Crippen LogP contribution in [0.1, 0.15) is 28.8 Å². The van der Waals surface area contributed by atoms with E-state index in [4.69, 9.17) is 10.5 Å². The van der Waals surface area contributed by atoms with E-state index >= 15 is 0 Å². The second-order valence-electron chi connectivity index (χ2n) is 4.84. The molecule has 1 fully saturated rings. The van der Waals surface area contributed by atoms with Crippen molar-refractivity contribution in [3.8, 4) is 0 Å². The van der Waals surface area contributed by atoms with E-state index in [1.807, 2.05) is 13.0 Å². The minimum Gasteiger partial charge on any atom is -0.399 e. The zero-order chi connectivity index (χ0) is 13.0. The highest BCUT2D eigenvalue weighted by molar-refractivity contribution is 5.94. The van der Waals surface area contributed by atoms with Crippen LogP contribution in [-0.2, 0) is 4.74 Å². The molecule has 0 spiro atoms. The summed E-state index contributed by atoms with van der Waals surface area (Å²) in [7, 11) is 0. The van der Waals surface area contributed by atoms with Gasteiger partial charge in [-0.05, 0) is 49.4 Å². The molecule has 1 aromatic rings. The van der Waals surface area contributed by atoms with E-state index in [1.165, 1.54) is 0 Å². The molecule has 0 radical (unpaired) electrons. The number of nitrogens with two attached hydrogens (primary N) is 1. The van der Waals surface area contributed by atoms with Gasteiger partial charge in [-0.1, -0.05) is 0 Å². The molecule has 1 saturated heterocycles. The molecular weight excluding hydrogens is 228 g/mol. The fourth-order valence-electron chi connectivity index (χ4n) is 2.11. The molecule has 1 heterocycles. The Hall–Kier alpha value is -1.55. The van der Waals surface area contributed by atoms with Crippen LogP contribution < -0.4 is 11.1 Å². The van der Waals surface area contributed by atoms with E-state index in [0.717, 1.165) is 43.9 Å². The molecule has 1 aromatic carbocycles. The zero-order valence-electron chi connectivity index (χ0n) is 10.7. The standard InChI is InChI=1S/C14H20N2O2/c1-10-8-12(2-3-13(10)15)14(17)16-9-11-4-6-18-7-5-11/h2-3,8,11H,4-7,9,15H2,1H3,(H,16,17). The Kier molecular flexibility index (Phi) is 4.20. The first-order chi connectivity index (χ1) is 8.66. The number of hydrogen-bond donors (Lipinski definition) is 2. The van der Waals surface area contributed by atoms with Gasteiger partial charge in [-0.2, -0.15) is 0 Å². The molecule has 0 bridgehead atoms. The van der Waals surface area contributed by atoms with Crippen molar-refractivity contribution in [2.75, 3.05) is 25.5 Å². The topological polar surface area (TPSA) is 64.3 Å². The second kappa shape index (κ2) is 5.87. The van der Waals surface area contributed by atoms with Crippen LogP contribution >= 0.6 is 0 Å². The third-order valence-electron chi connectivity index (χ3n) is 3.42. The van der Waals surface area contributed by atoms with Gasteiger partial charge in [0.05, 0.1) is 0 Å². The van der Waals surface area contributed by atoms with Crippen LogP contribution in [0, 0.1) is 12.8 Å². The van der Waals surface area contributed by atoms with Crippen molar-refractivity contribution in [1.29, 1.82) is 0 Å². The largest absolute Gasteiger partial charge is 0.399 e. The molecule has 1 aliphatic rings. The number of ether oxygens (including phenoxy) is 1. The lowest BCUT2D eigenvalue weighted by Crippen LogP contribution is -2.32. The fraction of sp³-hybridized carbons (Fsp3) is 0.500. The van der Waals surface area contributed by atoms with Gasteiger partial charge in [0, 0.05) is 31.0 Å². The summed E-state index contributed by atoms with van der Waals surface area (Å²) >= 11 is 0. The predicted molar refractivity (Wildman–Crippen MR) is 71.5 cm³/mol. The van der Waals surface area contributed by atoms with E-state index in [-0.39, 0.29) is 5.91 Å². The van der Waals surface area contributed by atoms with Gasteiger partial charge in [0.15, 0.2) is 0 Å². The normalized spacial score (nSPS) is 16.5. The van der Waals surface area contributed by atoms with Crippen LogP contribution in [-0.4, -0.2) is 25.7 Å². The number of aryl methyl sites for hydroxylation is 1. The van der Waals surface area contributed by atoms with Gasteiger partial charge in [0.2, 0.25) is 0 Å². The van der Waals surface area contributed by atoms with E-state index < -0.39 is 0 Å². The number of nitrogen functional groups attached to an aromatic ring is 1. The summed E-state index contributed by atoms with van der Waals surface area (Å²) in [5.41, 5.74) is 8.07. The first-order valence-corrected chi connectivity index (χ1v) is 6.39. The Morgan fingerprint density at radius 3 is 2.83 bits per heavy atom. The Labute approximate surface area is 108 Å². The third-order valence-corrected chi connectivity index (χ3v) is 3.42. The van der Waals surface area contributed by atoms with Crippen molar-refractivity contribution < 1.29 is 9.53 Å². The lowest BCUT2D eigenvalue weighted by Gasteiger charge is -2.22. The molecule has 1 aliphatic heterocycles. The Bertz CT molecular complexity index is 426. The maximum absolute atomic E-state index is 12.0. The fourth-order valence-corrected chi connectivity index (χ4v) is 2.11. The molecule has 0 atom stereocenters. The first kappa shape index (κ1) is 12.9. The van der Waals surface area contributed by atoms with E-state index in [2.05, 4.69) is 5.32 Å². The molecule has 4 heteroatoms. The summed E-state index contributed by atoms with van der Waals surface area (Å²) in [6, 6.07) is 5.37. The van der Waals surface area contributed by atoms with E-state index in [1.54, 1.807) is 12.1 Å². The number of amides is 1. The maximum Gasteiger partial charge on any atom is 0.251 e. The predicted octanol–water partition coefficient (Wildman–Crippen LogP) is 1.73. The second-order valence-corrected chi connectivity index (χ2v) is 4.84. The van der Waals surface area contributed by atoms with Crippen molar-refractivity contribution in [3.63, 3.8) is 0 Å². The maximum atomic E-state index is 12.0. The number of benzene rings is 1. The Morgan fingerprint density at radius 2 is 2.17 bits per heavy atom. The Morgan fingerprint density at radius 1 is 1.44 bits per heavy atom. The summed E-state index contributed by atoms with van der Waals surface area (Å²) < 4.78 is 5.29. The lowest BCUT2D eigenvalue weighted by molar-refractivity contribution is 0.0642. The van der Waals surface area contributed by atoms with Gasteiger partial charge < -0.3 is 15.8 Å². The first-order valence-electron chi connectivity index (χ1n) is 6.39. The minimum absolute atomic E-state index is 0.0235. The Balaban J connectivity index is 1.88. The van der Waals surface area contributed by atoms with Gasteiger partial charge in [-0.3, -0.25) is 4.79 Å². The highest BCUT2D eigenvalue weighted by atomic mass is 16.5. The number of nitrogens with one attached hydrogen (secondary N) is 1. The lowest BCUT2D eigenvalue weighted by atomic mass is 10.0. The van der Waals surface area contributed by atoms with Crippen LogP contribution in [0.25, 0.3) is 0 Å². The van der Waals surface area contributed by atoms with Crippen molar-refractivity contribution in [2.24, 2.45) is 5.92 Å². The number of hydrogen-bond acceptors (Lipinski definition) is 3. The van der Waals surface area contributed by atoms with E-state index in [9.17, 15) is 4.79 Å². The van der Waals surface area contributed by atoms with Crippen LogP contribution in [0.4, 0.5) is 5.69 Å². The smallest absolute Gasteiger partial charge is 0.251 e. The van der Waals surface area contributed by atoms with Crippen LogP contribution in [0.5, 0.6) is 0 Å². The number of anilines is 1. The number of carbonyl (C=O) groups excluding carboxylic acids is 1. The van der Waals surface area contributed by atoms with Crippen LogP contribution in [0.3, 0.4) is 0 Å². The van der Waals surface area contributed by atoms with Crippen molar-refractivity contribution >= 4 is 11.6 Å². The third kappa shape index (κ3) is 3.23. The number of rotatable bonds is 3. The zero-order valence-corrected chi connectivity index (χ0v) is 10.7. The van der Waals surface area contributed by atoms with Crippen molar-refractivity contribution in [2.45, 2.75) is 19.8 Å². The monoisotopic (exact) mass is 248 g/mol. The molecule has 1 amide bonds. The van der Waals surface area contributed by atoms with Gasteiger partial charge in [0.1, 0.15) is 0 Å². The number of carbonyl (C=O) groups is 1. The molecule has 0 aliphatic carbocycles. The average Bonchev–Trinajstić information content (AvgIpc) is 2.40. The van der Waals surface area contributed by atoms with Crippen molar-refractivity contribution in [3.05, 3.63) is 29.3 Å². The molecule has 2 rings (SSSR count).